The van der Waals surface area contributed by atoms with E-state index < -0.39 is 0 Å². The summed E-state index contributed by atoms with van der Waals surface area (Å²) in [4.78, 5) is 13.5. The molecule has 0 aliphatic rings. The molecule has 2 aromatic rings. The van der Waals surface area contributed by atoms with Crippen LogP contribution in [0.25, 0.3) is 11.5 Å². The monoisotopic (exact) mass is 510 g/mol. The van der Waals surface area contributed by atoms with Gasteiger partial charge in [-0.25, -0.2) is 9.97 Å². The van der Waals surface area contributed by atoms with E-state index >= 15 is 0 Å². The summed E-state index contributed by atoms with van der Waals surface area (Å²) in [6.45, 7) is 5.00. The van der Waals surface area contributed by atoms with Gasteiger partial charge in [-0.2, -0.15) is 0 Å². The first kappa shape index (κ1) is 16.1. The van der Waals surface area contributed by atoms with Crippen LogP contribution < -0.4 is 5.32 Å². The van der Waals surface area contributed by atoms with Gasteiger partial charge in [-0.1, -0.05) is 6.92 Å². The quantitative estimate of drug-likeness (QED) is 0.599. The summed E-state index contributed by atoms with van der Waals surface area (Å²) in [6.07, 6.45) is 2.80. The van der Waals surface area contributed by atoms with Gasteiger partial charge in [0.2, 0.25) is 0 Å². The van der Waals surface area contributed by atoms with Crippen LogP contribution in [0, 0.1) is 10.5 Å². The van der Waals surface area contributed by atoms with Crippen molar-refractivity contribution in [1.82, 2.24) is 15.0 Å². The van der Waals surface area contributed by atoms with Crippen LogP contribution in [0.15, 0.2) is 21.2 Å². The van der Waals surface area contributed by atoms with Crippen LogP contribution >= 0.6 is 54.5 Å². The van der Waals surface area contributed by atoms with Crippen LogP contribution in [0.1, 0.15) is 19.0 Å². The number of nitrogens with zero attached hydrogens (tertiary/aromatic N) is 3. The average Bonchev–Trinajstić information content (AvgIpc) is 2.40. The highest BCUT2D eigenvalue weighted by Crippen LogP contribution is 2.29. The zero-order valence-electron chi connectivity index (χ0n) is 11.0. The van der Waals surface area contributed by atoms with E-state index in [2.05, 4.69) is 81.6 Å². The van der Waals surface area contributed by atoms with Crippen LogP contribution in [0.5, 0.6) is 0 Å². The molecule has 0 fully saturated rings. The Balaban J connectivity index is 2.48. The molecule has 0 bridgehead atoms. The lowest BCUT2D eigenvalue weighted by Crippen LogP contribution is -2.08. The minimum Gasteiger partial charge on any atom is -0.369 e. The van der Waals surface area contributed by atoms with Crippen LogP contribution in [0.3, 0.4) is 0 Å². The summed E-state index contributed by atoms with van der Waals surface area (Å²) < 4.78 is 2.83. The number of hydrogen-bond acceptors (Lipinski definition) is 4. The van der Waals surface area contributed by atoms with Crippen molar-refractivity contribution in [3.8, 4) is 11.5 Å². The first-order valence-corrected chi connectivity index (χ1v) is 8.78. The second-order valence-electron chi connectivity index (χ2n) is 4.21. The molecular formula is C13H13Br2IN4. The highest BCUT2D eigenvalue weighted by Gasteiger charge is 2.14. The molecule has 0 saturated heterocycles. The Morgan fingerprint density at radius 3 is 2.70 bits per heavy atom. The molecule has 0 amide bonds. The van der Waals surface area contributed by atoms with E-state index in [9.17, 15) is 0 Å². The fourth-order valence-corrected chi connectivity index (χ4v) is 3.20. The zero-order valence-corrected chi connectivity index (χ0v) is 16.4. The van der Waals surface area contributed by atoms with Crippen LogP contribution in [-0.4, -0.2) is 21.5 Å². The number of anilines is 1. The van der Waals surface area contributed by atoms with Crippen molar-refractivity contribution in [2.75, 3.05) is 11.9 Å². The Kier molecular flexibility index (Phi) is 5.74. The molecule has 20 heavy (non-hydrogen) atoms. The molecule has 0 atom stereocenters. The highest BCUT2D eigenvalue weighted by molar-refractivity contribution is 14.1. The normalized spacial score (nSPS) is 10.7. The van der Waals surface area contributed by atoms with Gasteiger partial charge in [-0.05, 0) is 73.9 Å². The number of nitrogens with one attached hydrogen (secondary N) is 1. The summed E-state index contributed by atoms with van der Waals surface area (Å²) in [5.41, 5.74) is 1.69. The lowest BCUT2D eigenvalue weighted by Gasteiger charge is -2.11. The molecule has 0 radical (unpaired) electrons. The predicted molar refractivity (Wildman–Crippen MR) is 96.9 cm³/mol. The molecule has 2 rings (SSSR count). The fraction of sp³-hybridized carbons (Fsp3) is 0.308. The topological polar surface area (TPSA) is 50.7 Å². The molecule has 1 N–H and O–H groups in total. The van der Waals surface area contributed by atoms with Gasteiger partial charge in [0.15, 0.2) is 5.82 Å². The lowest BCUT2D eigenvalue weighted by atomic mass is 10.3. The van der Waals surface area contributed by atoms with Gasteiger partial charge in [-0.3, -0.25) is 4.98 Å². The van der Waals surface area contributed by atoms with E-state index in [0.717, 1.165) is 42.7 Å². The van der Waals surface area contributed by atoms with E-state index in [1.807, 2.05) is 13.0 Å². The van der Waals surface area contributed by atoms with Crippen molar-refractivity contribution in [1.29, 1.82) is 0 Å². The average molecular weight is 512 g/mol. The smallest absolute Gasteiger partial charge is 0.181 e. The molecule has 2 heterocycles. The molecule has 0 unspecified atom stereocenters. The second-order valence-corrected chi connectivity index (χ2v) is 7.05. The third kappa shape index (κ3) is 3.67. The maximum atomic E-state index is 4.59. The van der Waals surface area contributed by atoms with Gasteiger partial charge >= 0.3 is 0 Å². The Labute approximate surface area is 148 Å². The third-order valence-corrected chi connectivity index (χ3v) is 4.91. The molecule has 0 spiro atoms. The van der Waals surface area contributed by atoms with Crippen molar-refractivity contribution in [2.24, 2.45) is 0 Å². The summed E-state index contributed by atoms with van der Waals surface area (Å²) in [5, 5.41) is 3.33. The maximum Gasteiger partial charge on any atom is 0.181 e. The number of hydrogen-bond donors (Lipinski definition) is 1. The second kappa shape index (κ2) is 7.13. The first-order chi connectivity index (χ1) is 9.52. The summed E-state index contributed by atoms with van der Waals surface area (Å²) in [6, 6.07) is 1.94. The van der Waals surface area contributed by atoms with Gasteiger partial charge in [0.05, 0.1) is 9.26 Å². The summed E-state index contributed by atoms with van der Waals surface area (Å²) in [5.74, 6) is 1.49. The largest absolute Gasteiger partial charge is 0.369 e. The Hall–Kier alpha value is -0.280. The van der Waals surface area contributed by atoms with Gasteiger partial charge in [-0.15, -0.1) is 0 Å². The van der Waals surface area contributed by atoms with E-state index in [4.69, 9.17) is 0 Å². The van der Waals surface area contributed by atoms with E-state index in [1.165, 1.54) is 0 Å². The van der Waals surface area contributed by atoms with Crippen molar-refractivity contribution in [3.05, 3.63) is 30.5 Å². The van der Waals surface area contributed by atoms with Crippen LogP contribution in [0.2, 0.25) is 0 Å². The minimum atomic E-state index is 0.626. The van der Waals surface area contributed by atoms with Crippen molar-refractivity contribution >= 4 is 60.3 Å². The van der Waals surface area contributed by atoms with Gasteiger partial charge in [0.25, 0.3) is 0 Å². The van der Waals surface area contributed by atoms with E-state index in [0.29, 0.717) is 5.82 Å². The van der Waals surface area contributed by atoms with Gasteiger partial charge < -0.3 is 5.32 Å². The standard InChI is InChI=1S/C13H13Br2IN4/c1-3-4-17-12-10(16)7(2)19-13(20-12)11-9(15)5-8(14)6-18-11/h5-6H,3-4H2,1-2H3,(H,17,19,20). The van der Waals surface area contributed by atoms with Gasteiger partial charge in [0.1, 0.15) is 11.5 Å². The molecule has 0 aromatic carbocycles. The third-order valence-electron chi connectivity index (χ3n) is 2.58. The zero-order chi connectivity index (χ0) is 14.7. The van der Waals surface area contributed by atoms with E-state index in [-0.39, 0.29) is 0 Å². The molecule has 106 valence electrons. The van der Waals surface area contributed by atoms with E-state index in [1.54, 1.807) is 6.20 Å². The molecule has 2 aromatic heterocycles. The minimum absolute atomic E-state index is 0.626. The predicted octanol–water partition coefficient (Wildman–Crippen LogP) is 4.80. The molecule has 4 nitrogen and oxygen atoms in total. The Morgan fingerprint density at radius 1 is 1.30 bits per heavy atom. The van der Waals surface area contributed by atoms with Crippen LogP contribution in [0.4, 0.5) is 5.82 Å². The fourth-order valence-electron chi connectivity index (χ4n) is 1.60. The first-order valence-electron chi connectivity index (χ1n) is 6.12. The van der Waals surface area contributed by atoms with Gasteiger partial charge in [0, 0.05) is 21.7 Å². The number of pyridine rings is 1. The maximum absolute atomic E-state index is 4.59. The highest BCUT2D eigenvalue weighted by atomic mass is 127. The lowest BCUT2D eigenvalue weighted by molar-refractivity contribution is 0.956. The molecule has 0 aliphatic carbocycles. The van der Waals surface area contributed by atoms with Crippen molar-refractivity contribution in [2.45, 2.75) is 20.3 Å². The Morgan fingerprint density at radius 2 is 2.05 bits per heavy atom. The molecule has 0 saturated carbocycles. The molecule has 0 aliphatic heterocycles. The number of rotatable bonds is 4. The SMILES string of the molecule is CCCNc1nc(-c2ncc(Br)cc2Br)nc(C)c1I. The number of aromatic nitrogens is 3. The summed E-state index contributed by atoms with van der Waals surface area (Å²) >= 11 is 9.17. The molecular weight excluding hydrogens is 499 g/mol. The number of aryl methyl sites for hydroxylation is 1. The number of halogens is 3. The van der Waals surface area contributed by atoms with Crippen molar-refractivity contribution in [3.63, 3.8) is 0 Å². The Bertz CT molecular complexity index is 634. The molecule has 7 heteroatoms. The van der Waals surface area contributed by atoms with Crippen molar-refractivity contribution < 1.29 is 0 Å². The van der Waals surface area contributed by atoms with Crippen LogP contribution in [-0.2, 0) is 0 Å². The summed E-state index contributed by atoms with van der Waals surface area (Å²) in [7, 11) is 0.